The van der Waals surface area contributed by atoms with E-state index in [4.69, 9.17) is 4.74 Å². The van der Waals surface area contributed by atoms with Crippen LogP contribution in [0, 0.1) is 0 Å². The average Bonchev–Trinajstić information content (AvgIpc) is 2.80. The zero-order chi connectivity index (χ0) is 22.5. The van der Waals surface area contributed by atoms with Crippen molar-refractivity contribution < 1.29 is 9.53 Å². The molecule has 32 heavy (non-hydrogen) atoms. The highest BCUT2D eigenvalue weighted by Crippen LogP contribution is 2.14. The third kappa shape index (κ3) is 9.76. The lowest BCUT2D eigenvalue weighted by atomic mass is 10.2. The van der Waals surface area contributed by atoms with E-state index in [9.17, 15) is 4.79 Å². The Morgan fingerprint density at radius 3 is 2.47 bits per heavy atom. The summed E-state index contributed by atoms with van der Waals surface area (Å²) < 4.78 is 5.58. The molecule has 0 bridgehead atoms. The minimum atomic E-state index is -0.0676. The van der Waals surface area contributed by atoms with Gasteiger partial charge < -0.3 is 25.2 Å². The Morgan fingerprint density at radius 2 is 1.81 bits per heavy atom. The number of carbonyl (C=O) groups excluding carboxylic acids is 1. The van der Waals surface area contributed by atoms with Crippen LogP contribution in [0.4, 0.5) is 5.69 Å². The monoisotopic (exact) mass is 553 g/mol. The van der Waals surface area contributed by atoms with E-state index in [1.807, 2.05) is 30.3 Å². The average molecular weight is 553 g/mol. The molecule has 0 unspecified atom stereocenters. The third-order valence-corrected chi connectivity index (χ3v) is 4.84. The number of rotatable bonds is 11. The summed E-state index contributed by atoms with van der Waals surface area (Å²) in [4.78, 5) is 19.9. The molecule has 0 aliphatic carbocycles. The number of amides is 1. The quantitative estimate of drug-likeness (QED) is 0.193. The SMILES string of the molecule is CCN(CCCNC(=NC)NCc1cccc(OCC(=O)N(C)C)c1)c1ccccc1.I. The second kappa shape index (κ2) is 15.3. The van der Waals surface area contributed by atoms with Crippen molar-refractivity contribution in [2.75, 3.05) is 52.3 Å². The predicted octanol–water partition coefficient (Wildman–Crippen LogP) is 3.35. The van der Waals surface area contributed by atoms with Crippen LogP contribution >= 0.6 is 24.0 Å². The van der Waals surface area contributed by atoms with E-state index in [0.29, 0.717) is 12.3 Å². The molecule has 0 spiro atoms. The number of halogens is 1. The van der Waals surface area contributed by atoms with Crippen molar-refractivity contribution in [1.82, 2.24) is 15.5 Å². The lowest BCUT2D eigenvalue weighted by Crippen LogP contribution is -2.38. The smallest absolute Gasteiger partial charge is 0.259 e. The molecule has 176 valence electrons. The summed E-state index contributed by atoms with van der Waals surface area (Å²) in [6.07, 6.45) is 1.01. The standard InChI is InChI=1S/C24H35N5O2.HI/c1-5-29(21-12-7-6-8-13-21)16-10-15-26-24(25-2)27-18-20-11-9-14-22(17-20)31-19-23(30)28(3)4;/h6-9,11-14,17H,5,10,15-16,18-19H2,1-4H3,(H2,25,26,27);1H. The van der Waals surface area contributed by atoms with Crippen LogP contribution in [0.15, 0.2) is 59.6 Å². The van der Waals surface area contributed by atoms with Crippen molar-refractivity contribution in [2.45, 2.75) is 19.9 Å². The number of hydrogen-bond donors (Lipinski definition) is 2. The Hall–Kier alpha value is -2.49. The number of hydrogen-bond acceptors (Lipinski definition) is 4. The topological polar surface area (TPSA) is 69.2 Å². The van der Waals surface area contributed by atoms with Gasteiger partial charge in [-0.1, -0.05) is 30.3 Å². The van der Waals surface area contributed by atoms with E-state index < -0.39 is 0 Å². The molecule has 0 heterocycles. The Bertz CT molecular complexity index is 830. The number of anilines is 1. The number of ether oxygens (including phenoxy) is 1. The van der Waals surface area contributed by atoms with E-state index in [-0.39, 0.29) is 36.5 Å². The van der Waals surface area contributed by atoms with Gasteiger partial charge in [0.2, 0.25) is 0 Å². The number of likely N-dealkylation sites (N-methyl/N-ethyl adjacent to an activating group) is 1. The fraction of sp³-hybridized carbons (Fsp3) is 0.417. The first-order chi connectivity index (χ1) is 15.0. The highest BCUT2D eigenvalue weighted by atomic mass is 127. The molecule has 2 aromatic rings. The minimum absolute atomic E-state index is 0. The molecule has 0 aromatic heterocycles. The molecule has 0 fully saturated rings. The van der Waals surface area contributed by atoms with Crippen LogP contribution in [0.5, 0.6) is 5.75 Å². The van der Waals surface area contributed by atoms with Crippen molar-refractivity contribution in [2.24, 2.45) is 4.99 Å². The summed E-state index contributed by atoms with van der Waals surface area (Å²) in [6, 6.07) is 18.2. The number of benzene rings is 2. The molecule has 0 radical (unpaired) electrons. The van der Waals surface area contributed by atoms with Crippen molar-refractivity contribution in [3.8, 4) is 5.75 Å². The van der Waals surface area contributed by atoms with Crippen LogP contribution in [0.25, 0.3) is 0 Å². The lowest BCUT2D eigenvalue weighted by molar-refractivity contribution is -0.130. The Kier molecular flexibility index (Phi) is 13.2. The molecule has 8 heteroatoms. The second-order valence-corrected chi connectivity index (χ2v) is 7.35. The zero-order valence-corrected chi connectivity index (χ0v) is 21.8. The maximum atomic E-state index is 11.7. The molecule has 0 saturated heterocycles. The highest BCUT2D eigenvalue weighted by Gasteiger charge is 2.06. The zero-order valence-electron chi connectivity index (χ0n) is 19.5. The van der Waals surface area contributed by atoms with Gasteiger partial charge in [-0.15, -0.1) is 24.0 Å². The number of aliphatic imine (C=N–C) groups is 1. The number of para-hydroxylation sites is 1. The number of carbonyl (C=O) groups is 1. The number of guanidine groups is 1. The first-order valence-corrected chi connectivity index (χ1v) is 10.7. The van der Waals surface area contributed by atoms with Crippen LogP contribution in [0.1, 0.15) is 18.9 Å². The Labute approximate surface area is 209 Å². The van der Waals surface area contributed by atoms with E-state index in [1.54, 1.807) is 21.1 Å². The normalized spacial score (nSPS) is 10.7. The fourth-order valence-corrected chi connectivity index (χ4v) is 3.01. The Balaban J connectivity index is 0.00000512. The van der Waals surface area contributed by atoms with Crippen LogP contribution in [0.2, 0.25) is 0 Å². The molecule has 0 aliphatic heterocycles. The first-order valence-electron chi connectivity index (χ1n) is 10.7. The van der Waals surface area contributed by atoms with E-state index in [0.717, 1.165) is 37.6 Å². The molecule has 2 aromatic carbocycles. The van der Waals surface area contributed by atoms with Crippen molar-refractivity contribution in [3.63, 3.8) is 0 Å². The van der Waals surface area contributed by atoms with Crippen molar-refractivity contribution >= 4 is 41.5 Å². The molecule has 7 nitrogen and oxygen atoms in total. The fourth-order valence-electron chi connectivity index (χ4n) is 3.01. The molecule has 0 aliphatic rings. The summed E-state index contributed by atoms with van der Waals surface area (Å²) in [5.74, 6) is 1.37. The minimum Gasteiger partial charge on any atom is -0.484 e. The summed E-state index contributed by atoms with van der Waals surface area (Å²) in [5, 5.41) is 6.69. The van der Waals surface area contributed by atoms with Crippen LogP contribution in [0.3, 0.4) is 0 Å². The van der Waals surface area contributed by atoms with E-state index >= 15 is 0 Å². The van der Waals surface area contributed by atoms with E-state index in [2.05, 4.69) is 51.7 Å². The molecule has 0 atom stereocenters. The van der Waals surface area contributed by atoms with Gasteiger partial charge in [0.25, 0.3) is 5.91 Å². The summed E-state index contributed by atoms with van der Waals surface area (Å²) >= 11 is 0. The highest BCUT2D eigenvalue weighted by molar-refractivity contribution is 14.0. The van der Waals surface area contributed by atoms with Crippen molar-refractivity contribution in [3.05, 3.63) is 60.2 Å². The molecule has 2 rings (SSSR count). The van der Waals surface area contributed by atoms with Gasteiger partial charge in [-0.2, -0.15) is 0 Å². The summed E-state index contributed by atoms with van der Waals surface area (Å²) in [6.45, 7) is 5.62. The Morgan fingerprint density at radius 1 is 1.06 bits per heavy atom. The maximum absolute atomic E-state index is 11.7. The predicted molar refractivity (Wildman–Crippen MR) is 143 cm³/mol. The first kappa shape index (κ1) is 27.5. The van der Waals surface area contributed by atoms with Gasteiger partial charge in [0.1, 0.15) is 5.75 Å². The number of nitrogens with zero attached hydrogens (tertiary/aromatic N) is 3. The van der Waals surface area contributed by atoms with Gasteiger partial charge in [-0.05, 0) is 43.2 Å². The maximum Gasteiger partial charge on any atom is 0.259 e. The van der Waals surface area contributed by atoms with Gasteiger partial charge in [-0.25, -0.2) is 0 Å². The third-order valence-electron chi connectivity index (χ3n) is 4.84. The number of nitrogens with one attached hydrogen (secondary N) is 2. The van der Waals surface area contributed by atoms with E-state index in [1.165, 1.54) is 10.6 Å². The second-order valence-electron chi connectivity index (χ2n) is 7.35. The molecule has 2 N–H and O–H groups in total. The van der Waals surface area contributed by atoms with Gasteiger partial charge >= 0.3 is 0 Å². The molecule has 0 saturated carbocycles. The van der Waals surface area contributed by atoms with Crippen molar-refractivity contribution in [1.29, 1.82) is 0 Å². The lowest BCUT2D eigenvalue weighted by Gasteiger charge is -2.23. The van der Waals surface area contributed by atoms with Gasteiger partial charge in [0, 0.05) is 53.0 Å². The summed E-state index contributed by atoms with van der Waals surface area (Å²) in [7, 11) is 5.20. The molecule has 1 amide bonds. The van der Waals surface area contributed by atoms with Gasteiger partial charge in [0.05, 0.1) is 0 Å². The van der Waals surface area contributed by atoms with Gasteiger partial charge in [0.15, 0.2) is 12.6 Å². The van der Waals surface area contributed by atoms with Gasteiger partial charge in [-0.3, -0.25) is 9.79 Å². The molecular formula is C24H36IN5O2. The molecular weight excluding hydrogens is 517 g/mol. The van der Waals surface area contributed by atoms with Crippen LogP contribution < -0.4 is 20.3 Å². The van der Waals surface area contributed by atoms with Crippen LogP contribution in [-0.2, 0) is 11.3 Å². The largest absolute Gasteiger partial charge is 0.484 e. The van der Waals surface area contributed by atoms with Crippen LogP contribution in [-0.4, -0.2) is 64.2 Å². The summed E-state index contributed by atoms with van der Waals surface area (Å²) in [5.41, 5.74) is 2.31.